The van der Waals surface area contributed by atoms with Crippen molar-refractivity contribution < 1.29 is 60.9 Å². The van der Waals surface area contributed by atoms with E-state index in [1.165, 1.54) is 49.8 Å². The second-order valence-corrected chi connectivity index (χ2v) is 17.0. The van der Waals surface area contributed by atoms with Crippen molar-refractivity contribution in [3.05, 3.63) is 111 Å². The zero-order valence-corrected chi connectivity index (χ0v) is 34.2. The number of fused-ring (bicyclic) bond motifs is 3. The van der Waals surface area contributed by atoms with Gasteiger partial charge in [0.2, 0.25) is 10.0 Å². The summed E-state index contributed by atoms with van der Waals surface area (Å²) in [7, 11) is -3.21. The fourth-order valence-electron chi connectivity index (χ4n) is 7.20. The number of carbonyl (C=O) groups is 2. The third-order valence-corrected chi connectivity index (χ3v) is 12.7. The Morgan fingerprint density at radius 2 is 1.61 bits per heavy atom. The van der Waals surface area contributed by atoms with Crippen LogP contribution in [0.5, 0.6) is 17.2 Å². The Morgan fingerprint density at radius 1 is 0.915 bits per heavy atom. The summed E-state index contributed by atoms with van der Waals surface area (Å²) in [5, 5.41) is 0.460. The van der Waals surface area contributed by atoms with Crippen molar-refractivity contribution in [3.63, 3.8) is 0 Å². The van der Waals surface area contributed by atoms with E-state index in [0.29, 0.717) is 23.2 Å². The molecule has 18 heteroatoms. The van der Waals surface area contributed by atoms with E-state index in [1.54, 1.807) is 30.3 Å². The maximum atomic E-state index is 14.2. The van der Waals surface area contributed by atoms with E-state index in [1.807, 2.05) is 0 Å². The van der Waals surface area contributed by atoms with Crippen LogP contribution in [-0.4, -0.2) is 76.8 Å². The van der Waals surface area contributed by atoms with Crippen molar-refractivity contribution >= 4 is 45.2 Å². The Labute approximate surface area is 350 Å². The topological polar surface area (TPSA) is 174 Å². The van der Waals surface area contributed by atoms with Crippen LogP contribution >= 0.6 is 23.2 Å². The average molecular weight is 879 g/mol. The van der Waals surface area contributed by atoms with Crippen LogP contribution in [0.4, 0.5) is 8.78 Å². The van der Waals surface area contributed by atoms with Gasteiger partial charge in [-0.05, 0) is 92.1 Å². The number of sulfonamides is 1. The third kappa shape index (κ3) is 10.8. The number of rotatable bonds is 17. The number of ether oxygens (including phenoxy) is 5. The normalized spacial score (nSPS) is 19.6. The summed E-state index contributed by atoms with van der Waals surface area (Å²) in [5.41, 5.74) is 0.827. The second kappa shape index (κ2) is 19.2. The quantitative estimate of drug-likeness (QED) is 0.110. The number of halogens is 4. The third-order valence-electron chi connectivity index (χ3n) is 10.6. The Kier molecular flexibility index (Phi) is 14.3. The molecule has 3 atom stereocenters. The number of methoxy groups -OCH3 is 1. The monoisotopic (exact) mass is 877 g/mol. The molecule has 13 nitrogen and oxygen atoms in total. The molecule has 1 saturated carbocycles. The maximum absolute atomic E-state index is 14.2. The number of hydrogen-bond acceptors (Lipinski definition) is 11. The first-order chi connectivity index (χ1) is 27.9. The standard InChI is InChI=1S/C41H41Cl2F2N3O9S.H2O/c1-53-33-12-10-28(58(51,52)47-38(26-5-3-2-4-6-26)40(50)56-37-22-48-15-13-25(37)14-16-48)18-30(33)39(49)55-35(19-29-31(42)20-46-21-32(29)43)27-9-11-34(57-41(44)45)36(17-27)54-23-24-7-8-24;/h2-6,9-12,17-18,20-21,24-25,35,37-38,41,47H,7-8,13-16,19,22-23H2,1H3;1H2/t35-,37-,38?;/m0./s1. The Balaban J connectivity index is 0.00000585. The number of hydrogen-bond donors (Lipinski definition) is 1. The van der Waals surface area contributed by atoms with Gasteiger partial charge in [-0.1, -0.05) is 59.6 Å². The number of alkyl halides is 2. The highest BCUT2D eigenvalue weighted by atomic mass is 35.5. The molecule has 4 aromatic rings. The maximum Gasteiger partial charge on any atom is 0.387 e. The Hall–Kier alpha value is -4.58. The second-order valence-electron chi connectivity index (χ2n) is 14.5. The van der Waals surface area contributed by atoms with Gasteiger partial charge >= 0.3 is 18.6 Å². The SMILES string of the molecule is COc1ccc(S(=O)(=O)NC(C(=O)O[C@H]2CN3CCC2CC3)c2ccccc2)cc1C(=O)O[C@@H](Cc1c(Cl)c[nH+]cc1Cl)c1ccc(OC(F)F)c(OCC2CC2)c1.[OH-]. The van der Waals surface area contributed by atoms with E-state index in [9.17, 15) is 26.8 Å². The highest BCUT2D eigenvalue weighted by molar-refractivity contribution is 7.89. The lowest BCUT2D eigenvalue weighted by Gasteiger charge is -2.44. The number of piperidine rings is 3. The zero-order chi connectivity index (χ0) is 41.0. The van der Waals surface area contributed by atoms with Gasteiger partial charge in [-0.15, -0.1) is 0 Å². The molecule has 1 aromatic heterocycles. The van der Waals surface area contributed by atoms with Gasteiger partial charge in [0.15, 0.2) is 23.9 Å². The van der Waals surface area contributed by atoms with Crippen LogP contribution in [0.1, 0.15) is 64.9 Å². The molecule has 1 aliphatic carbocycles. The van der Waals surface area contributed by atoms with Gasteiger partial charge < -0.3 is 29.2 Å². The lowest BCUT2D eigenvalue weighted by molar-refractivity contribution is -0.377. The summed E-state index contributed by atoms with van der Waals surface area (Å²) in [5.74, 6) is -1.47. The molecule has 3 N–H and O–H groups in total. The predicted octanol–water partition coefficient (Wildman–Crippen LogP) is 6.83. The highest BCUT2D eigenvalue weighted by Gasteiger charge is 2.39. The van der Waals surface area contributed by atoms with Crippen LogP contribution in [0.2, 0.25) is 10.0 Å². The van der Waals surface area contributed by atoms with Gasteiger partial charge in [-0.3, -0.25) is 4.90 Å². The van der Waals surface area contributed by atoms with Crippen molar-refractivity contribution in [2.24, 2.45) is 11.8 Å². The number of aromatic amines is 1. The number of aromatic nitrogens is 1. The van der Waals surface area contributed by atoms with Gasteiger partial charge in [-0.25, -0.2) is 23.0 Å². The summed E-state index contributed by atoms with van der Waals surface area (Å²) < 4.78 is 85.5. The van der Waals surface area contributed by atoms with Crippen LogP contribution in [-0.2, 0) is 30.7 Å². The van der Waals surface area contributed by atoms with Gasteiger partial charge in [0.25, 0.3) is 0 Å². The van der Waals surface area contributed by atoms with E-state index in [4.69, 9.17) is 46.9 Å². The van der Waals surface area contributed by atoms with E-state index < -0.39 is 40.7 Å². The summed E-state index contributed by atoms with van der Waals surface area (Å²) in [6, 6.07) is 14.8. The van der Waals surface area contributed by atoms with Crippen LogP contribution in [0.15, 0.2) is 84.0 Å². The molecule has 3 aromatic carbocycles. The molecule has 3 aliphatic heterocycles. The van der Waals surface area contributed by atoms with Crippen molar-refractivity contribution in [1.82, 2.24) is 9.62 Å². The fourth-order valence-corrected chi connectivity index (χ4v) is 8.93. The van der Waals surface area contributed by atoms with E-state index in [0.717, 1.165) is 44.8 Å². The summed E-state index contributed by atoms with van der Waals surface area (Å²) in [4.78, 5) is 32.6. The van der Waals surface area contributed by atoms with E-state index in [2.05, 4.69) is 14.6 Å². The zero-order valence-electron chi connectivity index (χ0n) is 31.8. The number of carbonyl (C=O) groups excluding carboxylic acids is 2. The Bertz CT molecular complexity index is 2210. The van der Waals surface area contributed by atoms with E-state index >= 15 is 0 Å². The van der Waals surface area contributed by atoms with Gasteiger partial charge in [0.1, 0.15) is 39.6 Å². The van der Waals surface area contributed by atoms with Gasteiger partial charge in [-0.2, -0.15) is 13.5 Å². The molecule has 3 saturated heterocycles. The first-order valence-corrected chi connectivity index (χ1v) is 21.1. The minimum absolute atomic E-state index is 0. The van der Waals surface area contributed by atoms with Crippen LogP contribution in [0.25, 0.3) is 0 Å². The minimum atomic E-state index is -4.51. The number of benzene rings is 3. The molecular formula is C41H43Cl2F2N3O10S. The molecule has 316 valence electrons. The molecule has 4 fully saturated rings. The van der Waals surface area contributed by atoms with Crippen LogP contribution in [0.3, 0.4) is 0 Å². The fraction of sp³-hybridized carbons (Fsp3) is 0.390. The molecule has 0 amide bonds. The summed E-state index contributed by atoms with van der Waals surface area (Å²) in [6.45, 7) is -0.401. The van der Waals surface area contributed by atoms with Crippen LogP contribution in [0, 0.1) is 11.8 Å². The predicted molar refractivity (Wildman–Crippen MR) is 210 cm³/mol. The smallest absolute Gasteiger partial charge is 0.387 e. The molecule has 4 aliphatic rings. The summed E-state index contributed by atoms with van der Waals surface area (Å²) >= 11 is 13.0. The lowest BCUT2D eigenvalue weighted by atomic mass is 9.86. The van der Waals surface area contributed by atoms with Crippen molar-refractivity contribution in [1.29, 1.82) is 0 Å². The molecule has 0 spiro atoms. The Morgan fingerprint density at radius 3 is 2.24 bits per heavy atom. The molecule has 59 heavy (non-hydrogen) atoms. The molecule has 8 rings (SSSR count). The van der Waals surface area contributed by atoms with Crippen molar-refractivity contribution in [2.45, 2.75) is 61.9 Å². The van der Waals surface area contributed by atoms with Gasteiger partial charge in [0.05, 0.1) is 18.6 Å². The van der Waals surface area contributed by atoms with Crippen molar-refractivity contribution in [2.75, 3.05) is 33.4 Å². The number of nitrogens with zero attached hydrogens (tertiary/aromatic N) is 1. The first kappa shape index (κ1) is 44.0. The molecule has 1 unspecified atom stereocenters. The molecule has 4 heterocycles. The van der Waals surface area contributed by atoms with Crippen molar-refractivity contribution in [3.8, 4) is 17.2 Å². The lowest BCUT2D eigenvalue weighted by Crippen LogP contribution is -2.52. The number of H-pyrrole nitrogens is 1. The number of esters is 2. The molecule has 0 radical (unpaired) electrons. The first-order valence-electron chi connectivity index (χ1n) is 18.8. The summed E-state index contributed by atoms with van der Waals surface area (Å²) in [6.07, 6.45) is 5.03. The number of nitrogens with one attached hydrogen (secondary N) is 2. The highest BCUT2D eigenvalue weighted by Crippen LogP contribution is 2.39. The van der Waals surface area contributed by atoms with Gasteiger partial charge in [0, 0.05) is 18.5 Å². The largest absolute Gasteiger partial charge is 0.870 e. The van der Waals surface area contributed by atoms with E-state index in [-0.39, 0.29) is 74.2 Å². The molecule has 2 bridgehead atoms. The van der Waals surface area contributed by atoms with Crippen LogP contribution < -0.4 is 23.9 Å². The number of pyridine rings is 1. The average Bonchev–Trinajstić information content (AvgIpc) is 4.05. The minimum Gasteiger partial charge on any atom is -0.870 e. The molecular weight excluding hydrogens is 835 g/mol.